The number of carbonyl (C=O) groups is 1. The number of anilines is 1. The predicted octanol–water partition coefficient (Wildman–Crippen LogP) is 3.33. The van der Waals surface area contributed by atoms with E-state index in [0.29, 0.717) is 10.9 Å². The summed E-state index contributed by atoms with van der Waals surface area (Å²) in [7, 11) is 0. The second-order valence-electron chi connectivity index (χ2n) is 5.43. The van der Waals surface area contributed by atoms with Crippen LogP contribution in [0.2, 0.25) is 0 Å². The summed E-state index contributed by atoms with van der Waals surface area (Å²) in [6.45, 7) is 1.53. The molecule has 0 aliphatic heterocycles. The topological polar surface area (TPSA) is 64.0 Å². The largest absolute Gasteiger partial charge is 0.471 e. The van der Waals surface area contributed by atoms with Crippen LogP contribution < -0.4 is 10.9 Å². The van der Waals surface area contributed by atoms with E-state index in [1.807, 2.05) is 0 Å². The Kier molecular flexibility index (Phi) is 4.23. The van der Waals surface area contributed by atoms with E-state index in [9.17, 15) is 27.2 Å². The molecule has 1 aromatic heterocycles. The lowest BCUT2D eigenvalue weighted by Crippen LogP contribution is -2.30. The molecule has 0 fully saturated rings. The van der Waals surface area contributed by atoms with Crippen LogP contribution in [-0.4, -0.2) is 21.6 Å². The molecule has 0 atom stereocenters. The summed E-state index contributed by atoms with van der Waals surface area (Å²) < 4.78 is 52.1. The predicted molar refractivity (Wildman–Crippen MR) is 86.7 cm³/mol. The van der Waals surface area contributed by atoms with Gasteiger partial charge in [-0.2, -0.15) is 13.2 Å². The van der Waals surface area contributed by atoms with E-state index in [2.05, 4.69) is 4.98 Å². The Morgan fingerprint density at radius 1 is 1.15 bits per heavy atom. The van der Waals surface area contributed by atoms with Crippen molar-refractivity contribution < 1.29 is 22.4 Å². The molecule has 3 rings (SSSR count). The summed E-state index contributed by atoms with van der Waals surface area (Å²) in [6.07, 6.45) is -5.17. The molecule has 9 heteroatoms. The smallest absolute Gasteiger partial charge is 0.316 e. The van der Waals surface area contributed by atoms with Gasteiger partial charge in [0.2, 0.25) is 0 Å². The SMILES string of the molecule is Cc1nc2ccccc2c(=O)n1-c1ccc(F)c(NC(=O)C(F)(F)F)c1. The molecule has 0 radical (unpaired) electrons. The van der Waals surface area contributed by atoms with Crippen molar-refractivity contribution in [1.29, 1.82) is 0 Å². The Labute approximate surface area is 143 Å². The third-order valence-corrected chi connectivity index (χ3v) is 3.66. The van der Waals surface area contributed by atoms with Crippen LogP contribution in [0.4, 0.5) is 23.2 Å². The van der Waals surface area contributed by atoms with E-state index in [4.69, 9.17) is 0 Å². The monoisotopic (exact) mass is 365 g/mol. The van der Waals surface area contributed by atoms with Gasteiger partial charge in [0, 0.05) is 0 Å². The Morgan fingerprint density at radius 3 is 2.54 bits per heavy atom. The van der Waals surface area contributed by atoms with Crippen LogP contribution >= 0.6 is 0 Å². The Hall–Kier alpha value is -3.23. The molecule has 0 unspecified atom stereocenters. The number of halogens is 4. The molecule has 134 valence electrons. The number of alkyl halides is 3. The molecule has 0 aliphatic rings. The number of rotatable bonds is 2. The second kappa shape index (κ2) is 6.25. The first-order valence-electron chi connectivity index (χ1n) is 7.35. The average Bonchev–Trinajstić information content (AvgIpc) is 2.56. The molecule has 1 heterocycles. The van der Waals surface area contributed by atoms with Gasteiger partial charge in [-0.15, -0.1) is 0 Å². The van der Waals surface area contributed by atoms with E-state index < -0.39 is 29.1 Å². The first kappa shape index (κ1) is 17.6. The zero-order chi connectivity index (χ0) is 19.1. The first-order chi connectivity index (χ1) is 12.2. The minimum absolute atomic E-state index is 0.0737. The number of aromatic nitrogens is 2. The van der Waals surface area contributed by atoms with Crippen molar-refractivity contribution in [2.24, 2.45) is 0 Å². The van der Waals surface area contributed by atoms with Gasteiger partial charge in [0.25, 0.3) is 5.56 Å². The van der Waals surface area contributed by atoms with E-state index in [-0.39, 0.29) is 11.5 Å². The van der Waals surface area contributed by atoms with Gasteiger partial charge in [-0.1, -0.05) is 12.1 Å². The maximum Gasteiger partial charge on any atom is 0.471 e. The van der Waals surface area contributed by atoms with Gasteiger partial charge < -0.3 is 5.32 Å². The number of para-hydroxylation sites is 1. The van der Waals surface area contributed by atoms with E-state index in [1.165, 1.54) is 18.3 Å². The summed E-state index contributed by atoms with van der Waals surface area (Å²) in [6, 6.07) is 9.58. The van der Waals surface area contributed by atoms with Crippen molar-refractivity contribution in [1.82, 2.24) is 9.55 Å². The van der Waals surface area contributed by atoms with Crippen molar-refractivity contribution in [2.75, 3.05) is 5.32 Å². The Balaban J connectivity index is 2.14. The molecular weight excluding hydrogens is 354 g/mol. The summed E-state index contributed by atoms with van der Waals surface area (Å²) in [5, 5.41) is 1.76. The van der Waals surface area contributed by atoms with Gasteiger partial charge in [-0.25, -0.2) is 9.37 Å². The number of nitrogens with zero attached hydrogens (tertiary/aromatic N) is 2. The average molecular weight is 365 g/mol. The summed E-state index contributed by atoms with van der Waals surface area (Å²) in [5.41, 5.74) is -0.624. The normalized spacial score (nSPS) is 11.6. The van der Waals surface area contributed by atoms with Crippen LogP contribution in [0, 0.1) is 12.7 Å². The van der Waals surface area contributed by atoms with Crippen LogP contribution in [0.1, 0.15) is 5.82 Å². The van der Waals surface area contributed by atoms with Crippen molar-refractivity contribution in [3.05, 3.63) is 64.5 Å². The van der Waals surface area contributed by atoms with Gasteiger partial charge in [0.1, 0.15) is 11.6 Å². The fraction of sp³-hybridized carbons (Fsp3) is 0.118. The number of hydrogen-bond donors (Lipinski definition) is 1. The van der Waals surface area contributed by atoms with Crippen LogP contribution in [0.15, 0.2) is 47.3 Å². The zero-order valence-electron chi connectivity index (χ0n) is 13.3. The van der Waals surface area contributed by atoms with Crippen molar-refractivity contribution >= 4 is 22.5 Å². The molecule has 1 amide bonds. The standard InChI is InChI=1S/C17H11F4N3O2/c1-9-22-13-5-3-2-4-11(13)15(25)24(9)10-6-7-12(18)14(8-10)23-16(26)17(19,20)21/h2-8H,1H3,(H,23,26). The minimum Gasteiger partial charge on any atom is -0.316 e. The van der Waals surface area contributed by atoms with Gasteiger partial charge in [0.05, 0.1) is 22.3 Å². The fourth-order valence-electron chi connectivity index (χ4n) is 2.49. The minimum atomic E-state index is -5.17. The Bertz CT molecular complexity index is 1070. The molecule has 0 aliphatic carbocycles. The van der Waals surface area contributed by atoms with E-state index >= 15 is 0 Å². The zero-order valence-corrected chi connectivity index (χ0v) is 13.3. The highest BCUT2D eigenvalue weighted by Gasteiger charge is 2.39. The molecule has 2 aromatic carbocycles. The molecule has 5 nitrogen and oxygen atoms in total. The van der Waals surface area contributed by atoms with Crippen molar-refractivity contribution in [3.8, 4) is 5.69 Å². The molecule has 0 saturated heterocycles. The summed E-state index contributed by atoms with van der Waals surface area (Å²) in [5.74, 6) is -3.12. The van der Waals surface area contributed by atoms with E-state index in [0.717, 1.165) is 16.7 Å². The number of amides is 1. The van der Waals surface area contributed by atoms with Crippen LogP contribution in [0.25, 0.3) is 16.6 Å². The highest BCUT2D eigenvalue weighted by atomic mass is 19.4. The molecule has 26 heavy (non-hydrogen) atoms. The van der Waals surface area contributed by atoms with Crippen molar-refractivity contribution in [3.63, 3.8) is 0 Å². The highest BCUT2D eigenvalue weighted by Crippen LogP contribution is 2.23. The van der Waals surface area contributed by atoms with Crippen molar-refractivity contribution in [2.45, 2.75) is 13.1 Å². The molecule has 0 bridgehead atoms. The molecule has 0 spiro atoms. The van der Waals surface area contributed by atoms with Crippen LogP contribution in [0.3, 0.4) is 0 Å². The number of nitrogens with one attached hydrogen (secondary N) is 1. The molecular formula is C17H11F4N3O2. The second-order valence-corrected chi connectivity index (χ2v) is 5.43. The van der Waals surface area contributed by atoms with Gasteiger partial charge in [-0.3, -0.25) is 14.2 Å². The lowest BCUT2D eigenvalue weighted by Gasteiger charge is -2.14. The number of fused-ring (bicyclic) bond motifs is 1. The van der Waals surface area contributed by atoms with Crippen LogP contribution in [0.5, 0.6) is 0 Å². The number of benzene rings is 2. The van der Waals surface area contributed by atoms with Gasteiger partial charge in [0.15, 0.2) is 0 Å². The molecule has 3 aromatic rings. The third kappa shape index (κ3) is 3.15. The maximum atomic E-state index is 13.8. The summed E-state index contributed by atoms with van der Waals surface area (Å²) in [4.78, 5) is 28.0. The Morgan fingerprint density at radius 2 is 1.85 bits per heavy atom. The number of hydrogen-bond acceptors (Lipinski definition) is 3. The number of aryl methyl sites for hydroxylation is 1. The van der Waals surface area contributed by atoms with E-state index in [1.54, 1.807) is 24.3 Å². The third-order valence-electron chi connectivity index (χ3n) is 3.66. The lowest BCUT2D eigenvalue weighted by atomic mass is 10.2. The molecule has 0 saturated carbocycles. The van der Waals surface area contributed by atoms with Gasteiger partial charge >= 0.3 is 12.1 Å². The quantitative estimate of drug-likeness (QED) is 0.709. The molecule has 1 N–H and O–H groups in total. The maximum absolute atomic E-state index is 13.8. The fourth-order valence-corrected chi connectivity index (χ4v) is 2.49. The van der Waals surface area contributed by atoms with Crippen LogP contribution in [-0.2, 0) is 4.79 Å². The lowest BCUT2D eigenvalue weighted by molar-refractivity contribution is -0.167. The summed E-state index contributed by atoms with van der Waals surface area (Å²) >= 11 is 0. The first-order valence-corrected chi connectivity index (χ1v) is 7.35. The highest BCUT2D eigenvalue weighted by molar-refractivity contribution is 5.95. The van der Waals surface area contributed by atoms with Gasteiger partial charge in [-0.05, 0) is 37.3 Å². The number of carbonyl (C=O) groups excluding carboxylic acids is 1.